The monoisotopic (exact) mass is 196 g/mol. The van der Waals surface area contributed by atoms with E-state index in [0.717, 1.165) is 5.56 Å². The van der Waals surface area contributed by atoms with Gasteiger partial charge in [-0.05, 0) is 24.1 Å². The zero-order valence-corrected chi connectivity index (χ0v) is 7.74. The minimum atomic E-state index is -0.373. The number of benzene rings is 1. The molecule has 1 atom stereocenters. The normalized spacial score (nSPS) is 12.4. The Bertz CT molecular complexity index is 310. The highest BCUT2D eigenvalue weighted by molar-refractivity contribution is 5.73. The van der Waals surface area contributed by atoms with Gasteiger partial charge in [-0.25, -0.2) is 4.39 Å². The van der Waals surface area contributed by atoms with Crippen LogP contribution >= 0.6 is 0 Å². The number of nitrogens with two attached hydrogens (primary N) is 2. The van der Waals surface area contributed by atoms with Crippen LogP contribution in [-0.4, -0.2) is 5.91 Å². The maximum atomic E-state index is 12.5. The fourth-order valence-corrected chi connectivity index (χ4v) is 1.17. The minimum absolute atomic E-state index is 0.249. The molecule has 1 rings (SSSR count). The van der Waals surface area contributed by atoms with E-state index in [4.69, 9.17) is 11.5 Å². The molecule has 4 heteroatoms. The van der Waals surface area contributed by atoms with E-state index in [2.05, 4.69) is 0 Å². The van der Waals surface area contributed by atoms with Gasteiger partial charge in [-0.1, -0.05) is 12.1 Å². The number of amides is 1. The van der Waals surface area contributed by atoms with E-state index >= 15 is 0 Å². The van der Waals surface area contributed by atoms with Gasteiger partial charge in [0.2, 0.25) is 5.91 Å². The molecule has 0 heterocycles. The summed E-state index contributed by atoms with van der Waals surface area (Å²) in [7, 11) is 0. The molecule has 0 spiro atoms. The van der Waals surface area contributed by atoms with E-state index in [1.165, 1.54) is 12.1 Å². The zero-order chi connectivity index (χ0) is 10.6. The van der Waals surface area contributed by atoms with Gasteiger partial charge in [0.15, 0.2) is 0 Å². The van der Waals surface area contributed by atoms with Crippen LogP contribution in [0.4, 0.5) is 4.39 Å². The lowest BCUT2D eigenvalue weighted by Gasteiger charge is -2.10. The summed E-state index contributed by atoms with van der Waals surface area (Å²) in [6.07, 6.45) is 0.736. The van der Waals surface area contributed by atoms with Crippen molar-refractivity contribution in [3.8, 4) is 0 Å². The Hall–Kier alpha value is -1.42. The lowest BCUT2D eigenvalue weighted by Crippen LogP contribution is -2.16. The second-order valence-electron chi connectivity index (χ2n) is 3.16. The first-order valence-electron chi connectivity index (χ1n) is 4.39. The number of hydrogen-bond acceptors (Lipinski definition) is 2. The van der Waals surface area contributed by atoms with Gasteiger partial charge in [0.05, 0.1) is 0 Å². The van der Waals surface area contributed by atoms with E-state index in [9.17, 15) is 9.18 Å². The highest BCUT2D eigenvalue weighted by Gasteiger charge is 2.07. The SMILES string of the molecule is NC(=O)CCC(N)c1ccc(F)cc1. The van der Waals surface area contributed by atoms with E-state index in [1.807, 2.05) is 0 Å². The van der Waals surface area contributed by atoms with Crippen LogP contribution in [0.5, 0.6) is 0 Å². The number of hydrogen-bond donors (Lipinski definition) is 2. The first-order valence-corrected chi connectivity index (χ1v) is 4.39. The van der Waals surface area contributed by atoms with Crippen molar-refractivity contribution < 1.29 is 9.18 Å². The first-order chi connectivity index (χ1) is 6.59. The average molecular weight is 196 g/mol. The third-order valence-electron chi connectivity index (χ3n) is 2.00. The Morgan fingerprint density at radius 3 is 2.43 bits per heavy atom. The Morgan fingerprint density at radius 2 is 1.93 bits per heavy atom. The van der Waals surface area contributed by atoms with Gasteiger partial charge < -0.3 is 11.5 Å². The number of carbonyl (C=O) groups excluding carboxylic acids is 1. The van der Waals surface area contributed by atoms with Gasteiger partial charge in [-0.15, -0.1) is 0 Å². The molecule has 1 aromatic rings. The number of primary amides is 1. The highest BCUT2D eigenvalue weighted by atomic mass is 19.1. The highest BCUT2D eigenvalue weighted by Crippen LogP contribution is 2.15. The largest absolute Gasteiger partial charge is 0.370 e. The van der Waals surface area contributed by atoms with Crippen molar-refractivity contribution in [2.24, 2.45) is 11.5 Å². The fraction of sp³-hybridized carbons (Fsp3) is 0.300. The standard InChI is InChI=1S/C10H13FN2O/c11-8-3-1-7(2-4-8)9(12)5-6-10(13)14/h1-4,9H,5-6,12H2,(H2,13,14). The molecule has 1 amide bonds. The Morgan fingerprint density at radius 1 is 1.36 bits per heavy atom. The molecule has 14 heavy (non-hydrogen) atoms. The minimum Gasteiger partial charge on any atom is -0.370 e. The molecule has 3 nitrogen and oxygen atoms in total. The topological polar surface area (TPSA) is 69.1 Å². The Kier molecular flexibility index (Phi) is 3.59. The molecule has 0 aliphatic carbocycles. The summed E-state index contributed by atoms with van der Waals surface area (Å²) in [5.41, 5.74) is 11.6. The molecular formula is C10H13FN2O. The van der Waals surface area contributed by atoms with Gasteiger partial charge in [0.1, 0.15) is 5.82 Å². The van der Waals surface area contributed by atoms with Gasteiger partial charge in [-0.2, -0.15) is 0 Å². The van der Waals surface area contributed by atoms with E-state index in [-0.39, 0.29) is 24.2 Å². The van der Waals surface area contributed by atoms with Crippen molar-refractivity contribution in [1.29, 1.82) is 0 Å². The molecular weight excluding hydrogens is 183 g/mol. The molecule has 0 aliphatic heterocycles. The lowest BCUT2D eigenvalue weighted by molar-refractivity contribution is -0.118. The molecule has 1 aromatic carbocycles. The van der Waals surface area contributed by atoms with Gasteiger partial charge >= 0.3 is 0 Å². The van der Waals surface area contributed by atoms with Crippen molar-refractivity contribution in [2.45, 2.75) is 18.9 Å². The zero-order valence-electron chi connectivity index (χ0n) is 7.74. The molecule has 0 aliphatic rings. The number of rotatable bonds is 4. The van der Waals surface area contributed by atoms with Gasteiger partial charge in [0.25, 0.3) is 0 Å². The maximum absolute atomic E-state index is 12.5. The van der Waals surface area contributed by atoms with E-state index in [1.54, 1.807) is 12.1 Å². The van der Waals surface area contributed by atoms with Crippen molar-refractivity contribution in [1.82, 2.24) is 0 Å². The fourth-order valence-electron chi connectivity index (χ4n) is 1.17. The second-order valence-corrected chi connectivity index (χ2v) is 3.16. The summed E-state index contributed by atoms with van der Waals surface area (Å²) in [4.78, 5) is 10.5. The van der Waals surface area contributed by atoms with Crippen LogP contribution in [0.15, 0.2) is 24.3 Å². The van der Waals surface area contributed by atoms with Crippen LogP contribution in [0.1, 0.15) is 24.4 Å². The molecule has 0 saturated carbocycles. The molecule has 0 aromatic heterocycles. The molecule has 0 bridgehead atoms. The summed E-state index contributed by atoms with van der Waals surface area (Å²) >= 11 is 0. The third kappa shape index (κ3) is 3.14. The average Bonchev–Trinajstić information content (AvgIpc) is 2.15. The summed E-state index contributed by atoms with van der Waals surface area (Å²) < 4.78 is 12.5. The summed E-state index contributed by atoms with van der Waals surface area (Å²) in [5, 5.41) is 0. The predicted molar refractivity (Wildman–Crippen MR) is 51.8 cm³/mol. The van der Waals surface area contributed by atoms with Crippen LogP contribution < -0.4 is 11.5 Å². The van der Waals surface area contributed by atoms with E-state index in [0.29, 0.717) is 6.42 Å². The first kappa shape index (κ1) is 10.7. The number of halogens is 1. The summed E-state index contributed by atoms with van der Waals surface area (Å²) in [6.45, 7) is 0. The van der Waals surface area contributed by atoms with Crippen LogP contribution in [-0.2, 0) is 4.79 Å². The molecule has 1 unspecified atom stereocenters. The molecule has 0 radical (unpaired) electrons. The van der Waals surface area contributed by atoms with E-state index < -0.39 is 0 Å². The molecule has 4 N–H and O–H groups in total. The van der Waals surface area contributed by atoms with Crippen LogP contribution in [0, 0.1) is 5.82 Å². The van der Waals surface area contributed by atoms with Gasteiger partial charge in [0, 0.05) is 12.5 Å². The van der Waals surface area contributed by atoms with Crippen molar-refractivity contribution in [3.63, 3.8) is 0 Å². The smallest absolute Gasteiger partial charge is 0.217 e. The second kappa shape index (κ2) is 4.72. The summed E-state index contributed by atoms with van der Waals surface area (Å²) in [6, 6.07) is 5.66. The maximum Gasteiger partial charge on any atom is 0.217 e. The van der Waals surface area contributed by atoms with Gasteiger partial charge in [-0.3, -0.25) is 4.79 Å². The molecule has 76 valence electrons. The Balaban J connectivity index is 2.56. The van der Waals surface area contributed by atoms with Crippen LogP contribution in [0.25, 0.3) is 0 Å². The molecule has 0 saturated heterocycles. The lowest BCUT2D eigenvalue weighted by atomic mass is 10.0. The van der Waals surface area contributed by atoms with Crippen LogP contribution in [0.3, 0.4) is 0 Å². The van der Waals surface area contributed by atoms with Crippen molar-refractivity contribution >= 4 is 5.91 Å². The quantitative estimate of drug-likeness (QED) is 0.756. The molecule has 0 fully saturated rings. The third-order valence-corrected chi connectivity index (χ3v) is 2.00. The number of carbonyl (C=O) groups is 1. The van der Waals surface area contributed by atoms with Crippen molar-refractivity contribution in [2.75, 3.05) is 0 Å². The predicted octanol–water partition coefficient (Wildman–Crippen LogP) is 1.09. The summed E-state index contributed by atoms with van der Waals surface area (Å²) in [5.74, 6) is -0.668. The van der Waals surface area contributed by atoms with Crippen LogP contribution in [0.2, 0.25) is 0 Å². The van der Waals surface area contributed by atoms with Crippen molar-refractivity contribution in [3.05, 3.63) is 35.6 Å². The Labute approximate surface area is 81.9 Å².